The monoisotopic (exact) mass is 205 g/mol. The zero-order valence-electron chi connectivity index (χ0n) is 6.56. The summed E-state index contributed by atoms with van der Waals surface area (Å²) < 4.78 is 36.1. The summed E-state index contributed by atoms with van der Waals surface area (Å²) in [5.74, 6) is 0. The highest BCUT2D eigenvalue weighted by atomic mass is 32.2. The highest BCUT2D eigenvalue weighted by Crippen LogP contribution is 2.28. The minimum atomic E-state index is -4.44. The Morgan fingerprint density at radius 2 is 2.00 bits per heavy atom. The normalized spacial score (nSPS) is 12.0. The predicted octanol–water partition coefficient (Wildman–Crippen LogP) is 3.39. The van der Waals surface area contributed by atoms with Crippen molar-refractivity contribution in [1.29, 1.82) is 5.26 Å². The molecule has 0 atom stereocenters. The molecule has 70 valence electrons. The lowest BCUT2D eigenvalue weighted by Crippen LogP contribution is -2.09. The van der Waals surface area contributed by atoms with Gasteiger partial charge in [0.25, 0.3) is 0 Å². The highest BCUT2D eigenvalue weighted by molar-refractivity contribution is 8.07. The molecular formula is C8H6F3NS. The van der Waals surface area contributed by atoms with Crippen LogP contribution < -0.4 is 0 Å². The van der Waals surface area contributed by atoms with Crippen molar-refractivity contribution in [3.63, 3.8) is 0 Å². The smallest absolute Gasteiger partial charge is 0.185 e. The van der Waals surface area contributed by atoms with Crippen LogP contribution in [0.15, 0.2) is 35.8 Å². The summed E-state index contributed by atoms with van der Waals surface area (Å²) in [5, 5.41) is 9.76. The molecule has 0 rings (SSSR count). The first kappa shape index (κ1) is 11.8. The van der Waals surface area contributed by atoms with Crippen LogP contribution in [0, 0.1) is 10.7 Å². The Morgan fingerprint density at radius 3 is 2.31 bits per heavy atom. The molecule has 0 spiro atoms. The molecule has 1 nitrogen and oxygen atoms in total. The number of nitrogens with zero attached hydrogens (tertiary/aromatic N) is 1. The van der Waals surface area contributed by atoms with Gasteiger partial charge in [0.1, 0.15) is 5.40 Å². The molecule has 0 aromatic rings. The second-order valence-electron chi connectivity index (χ2n) is 1.96. The summed E-state index contributed by atoms with van der Waals surface area (Å²) in [5.41, 5.74) is -0.903. The first-order chi connectivity index (χ1) is 5.91. The molecule has 0 amide bonds. The fraction of sp³-hybridized carbons (Fsp3) is 0.125. The lowest BCUT2D eigenvalue weighted by Gasteiger charge is -2.06. The topological polar surface area (TPSA) is 23.8 Å². The summed E-state index contributed by atoms with van der Waals surface area (Å²) in [6.45, 7) is 6.28. The summed E-state index contributed by atoms with van der Waals surface area (Å²) in [6.07, 6.45) is -2.98. The number of thiocyanates is 1. The Bertz CT molecular complexity index is 283. The molecule has 0 N–H and O–H groups in total. The summed E-state index contributed by atoms with van der Waals surface area (Å²) >= 11 is 0.578. The SMILES string of the molecule is C=C/C(=C\C(=C)SC#N)C(F)(F)F. The molecule has 0 aromatic heterocycles. The maximum atomic E-state index is 12.0. The van der Waals surface area contributed by atoms with Gasteiger partial charge < -0.3 is 0 Å². The fourth-order valence-corrected chi connectivity index (χ4v) is 0.821. The van der Waals surface area contributed by atoms with Crippen molar-refractivity contribution in [3.8, 4) is 5.40 Å². The highest BCUT2D eigenvalue weighted by Gasteiger charge is 2.31. The van der Waals surface area contributed by atoms with E-state index in [4.69, 9.17) is 5.26 Å². The number of hydrogen-bond donors (Lipinski definition) is 0. The average Bonchev–Trinajstić information content (AvgIpc) is 1.98. The Morgan fingerprint density at radius 1 is 1.46 bits per heavy atom. The van der Waals surface area contributed by atoms with Crippen LogP contribution in [0.2, 0.25) is 0 Å². The number of allylic oxidation sites excluding steroid dienone is 3. The van der Waals surface area contributed by atoms with Crippen LogP contribution >= 0.6 is 11.8 Å². The standard InChI is InChI=1S/C8H6F3NS/c1-3-7(8(9,10)11)4-6(2)13-5-12/h3-4H,1-2H2/b7-4+. The Kier molecular flexibility index (Phi) is 4.35. The predicted molar refractivity (Wildman–Crippen MR) is 46.7 cm³/mol. The van der Waals surface area contributed by atoms with Crippen molar-refractivity contribution >= 4 is 11.8 Å². The number of rotatable bonds is 3. The molecular weight excluding hydrogens is 199 g/mol. The Balaban J connectivity index is 4.70. The second-order valence-corrected chi connectivity index (χ2v) is 2.87. The molecule has 0 radical (unpaired) electrons. The van der Waals surface area contributed by atoms with Crippen molar-refractivity contribution in [2.24, 2.45) is 0 Å². The molecule has 0 heterocycles. The lowest BCUT2D eigenvalue weighted by atomic mass is 10.2. The number of alkyl halides is 3. The molecule has 5 heteroatoms. The van der Waals surface area contributed by atoms with E-state index in [0.29, 0.717) is 17.8 Å². The average molecular weight is 205 g/mol. The van der Waals surface area contributed by atoms with Gasteiger partial charge in [0, 0.05) is 4.91 Å². The number of thioether (sulfide) groups is 1. The molecule has 0 aliphatic rings. The zero-order chi connectivity index (χ0) is 10.5. The van der Waals surface area contributed by atoms with E-state index in [2.05, 4.69) is 13.2 Å². The van der Waals surface area contributed by atoms with E-state index in [9.17, 15) is 13.2 Å². The van der Waals surface area contributed by atoms with Gasteiger partial charge >= 0.3 is 6.18 Å². The van der Waals surface area contributed by atoms with Crippen LogP contribution in [0.5, 0.6) is 0 Å². The fourth-order valence-electron chi connectivity index (χ4n) is 0.518. The van der Waals surface area contributed by atoms with Crippen LogP contribution in [-0.4, -0.2) is 6.18 Å². The van der Waals surface area contributed by atoms with Gasteiger partial charge in [-0.3, -0.25) is 0 Å². The van der Waals surface area contributed by atoms with Crippen LogP contribution in [-0.2, 0) is 0 Å². The second kappa shape index (κ2) is 4.77. The summed E-state index contributed by atoms with van der Waals surface area (Å²) in [7, 11) is 0. The van der Waals surface area contributed by atoms with Gasteiger partial charge in [-0.1, -0.05) is 19.2 Å². The van der Waals surface area contributed by atoms with E-state index in [1.165, 1.54) is 0 Å². The summed E-state index contributed by atoms with van der Waals surface area (Å²) in [4.78, 5) is 0.0368. The van der Waals surface area contributed by atoms with E-state index < -0.39 is 11.7 Å². The third kappa shape index (κ3) is 4.43. The number of halogens is 3. The molecule has 0 unspecified atom stereocenters. The van der Waals surface area contributed by atoms with Crippen molar-refractivity contribution in [1.82, 2.24) is 0 Å². The third-order valence-electron chi connectivity index (χ3n) is 1.04. The van der Waals surface area contributed by atoms with Gasteiger partial charge in [0.2, 0.25) is 0 Å². The van der Waals surface area contributed by atoms with Crippen molar-refractivity contribution in [3.05, 3.63) is 35.8 Å². The third-order valence-corrected chi connectivity index (χ3v) is 1.51. The van der Waals surface area contributed by atoms with E-state index >= 15 is 0 Å². The van der Waals surface area contributed by atoms with E-state index in [-0.39, 0.29) is 4.91 Å². The van der Waals surface area contributed by atoms with Gasteiger partial charge in [-0.15, -0.1) is 0 Å². The largest absolute Gasteiger partial charge is 0.416 e. The molecule has 0 bridgehead atoms. The minimum Gasteiger partial charge on any atom is -0.185 e. The molecule has 0 aromatic carbocycles. The van der Waals surface area contributed by atoms with Crippen LogP contribution in [0.3, 0.4) is 0 Å². The van der Waals surface area contributed by atoms with Gasteiger partial charge in [-0.05, 0) is 17.8 Å². The molecule has 0 aliphatic heterocycles. The van der Waals surface area contributed by atoms with Gasteiger partial charge in [0.05, 0.1) is 5.57 Å². The van der Waals surface area contributed by atoms with Crippen molar-refractivity contribution in [2.75, 3.05) is 0 Å². The first-order valence-corrected chi connectivity index (χ1v) is 3.89. The maximum absolute atomic E-state index is 12.0. The first-order valence-electron chi connectivity index (χ1n) is 3.08. The molecule has 0 saturated carbocycles. The minimum absolute atomic E-state index is 0.0368. The van der Waals surface area contributed by atoms with E-state index in [1.807, 2.05) is 0 Å². The van der Waals surface area contributed by atoms with E-state index in [1.54, 1.807) is 5.40 Å². The maximum Gasteiger partial charge on any atom is 0.416 e. The Labute approximate surface area is 78.2 Å². The number of nitriles is 1. The number of hydrogen-bond acceptors (Lipinski definition) is 2. The van der Waals surface area contributed by atoms with E-state index in [0.717, 1.165) is 6.08 Å². The van der Waals surface area contributed by atoms with Gasteiger partial charge in [-0.2, -0.15) is 18.4 Å². The molecule has 13 heavy (non-hydrogen) atoms. The summed E-state index contributed by atoms with van der Waals surface area (Å²) in [6, 6.07) is 0. The Hall–Kier alpha value is -1.15. The van der Waals surface area contributed by atoms with Gasteiger partial charge in [-0.25, -0.2) is 0 Å². The molecule has 0 fully saturated rings. The zero-order valence-corrected chi connectivity index (χ0v) is 7.37. The van der Waals surface area contributed by atoms with Crippen molar-refractivity contribution in [2.45, 2.75) is 6.18 Å². The molecule has 0 saturated heterocycles. The van der Waals surface area contributed by atoms with Crippen LogP contribution in [0.1, 0.15) is 0 Å². The molecule has 0 aliphatic carbocycles. The van der Waals surface area contributed by atoms with Crippen LogP contribution in [0.4, 0.5) is 13.2 Å². The van der Waals surface area contributed by atoms with Gasteiger partial charge in [0.15, 0.2) is 0 Å². The van der Waals surface area contributed by atoms with Crippen molar-refractivity contribution < 1.29 is 13.2 Å². The lowest BCUT2D eigenvalue weighted by molar-refractivity contribution is -0.0881. The van der Waals surface area contributed by atoms with Crippen LogP contribution in [0.25, 0.3) is 0 Å². The quantitative estimate of drug-likeness (QED) is 0.521.